The fraction of sp³-hybridized carbons (Fsp3) is 0.143. The first-order valence-electron chi connectivity index (χ1n) is 8.32. The standard InChI is InChI=1S/C21H20N2O2/c1-2-15-7-5-6-10-19(15)23-20(24)14-22-21(25)18-12-11-16-8-3-4-9-17(16)13-18/h3-13H,2,14H2,1H3,(H,22,25)(H,23,24). The molecule has 0 saturated heterocycles. The second-order valence-corrected chi connectivity index (χ2v) is 5.80. The van der Waals surface area contributed by atoms with Crippen LogP contribution >= 0.6 is 0 Å². The molecule has 0 fully saturated rings. The van der Waals surface area contributed by atoms with Gasteiger partial charge in [0.1, 0.15) is 0 Å². The third-order valence-corrected chi connectivity index (χ3v) is 4.09. The highest BCUT2D eigenvalue weighted by Gasteiger charge is 2.10. The van der Waals surface area contributed by atoms with Crippen molar-refractivity contribution in [2.24, 2.45) is 0 Å². The molecule has 0 heterocycles. The fourth-order valence-electron chi connectivity index (χ4n) is 2.74. The van der Waals surface area contributed by atoms with Gasteiger partial charge in [0.15, 0.2) is 0 Å². The van der Waals surface area contributed by atoms with E-state index in [0.717, 1.165) is 28.4 Å². The Hall–Kier alpha value is -3.14. The van der Waals surface area contributed by atoms with Crippen molar-refractivity contribution in [3.8, 4) is 0 Å². The van der Waals surface area contributed by atoms with Crippen molar-refractivity contribution < 1.29 is 9.59 Å². The predicted octanol–water partition coefficient (Wildman–Crippen LogP) is 3.77. The van der Waals surface area contributed by atoms with Gasteiger partial charge in [-0.2, -0.15) is 0 Å². The summed E-state index contributed by atoms with van der Waals surface area (Å²) in [4.78, 5) is 24.4. The second-order valence-electron chi connectivity index (χ2n) is 5.80. The Morgan fingerprint density at radius 2 is 1.60 bits per heavy atom. The minimum absolute atomic E-state index is 0.0658. The summed E-state index contributed by atoms with van der Waals surface area (Å²) in [6.07, 6.45) is 0.833. The number of carbonyl (C=O) groups excluding carboxylic acids is 2. The first-order chi connectivity index (χ1) is 12.2. The summed E-state index contributed by atoms with van der Waals surface area (Å²) in [5.74, 6) is -0.500. The van der Waals surface area contributed by atoms with Gasteiger partial charge >= 0.3 is 0 Å². The zero-order valence-electron chi connectivity index (χ0n) is 14.1. The van der Waals surface area contributed by atoms with Gasteiger partial charge in [-0.25, -0.2) is 0 Å². The molecule has 0 bridgehead atoms. The van der Waals surface area contributed by atoms with Crippen molar-refractivity contribution in [3.63, 3.8) is 0 Å². The average Bonchev–Trinajstić information content (AvgIpc) is 2.66. The number of fused-ring (bicyclic) bond motifs is 1. The topological polar surface area (TPSA) is 58.2 Å². The molecule has 0 radical (unpaired) electrons. The van der Waals surface area contributed by atoms with Crippen LogP contribution in [0.4, 0.5) is 5.69 Å². The van der Waals surface area contributed by atoms with Gasteiger partial charge in [-0.05, 0) is 41.0 Å². The Morgan fingerprint density at radius 1 is 0.880 bits per heavy atom. The van der Waals surface area contributed by atoms with E-state index in [4.69, 9.17) is 0 Å². The molecule has 0 aromatic heterocycles. The molecule has 4 heteroatoms. The highest BCUT2D eigenvalue weighted by Crippen LogP contribution is 2.16. The molecular weight excluding hydrogens is 312 g/mol. The van der Waals surface area contributed by atoms with Gasteiger partial charge in [-0.1, -0.05) is 55.5 Å². The van der Waals surface area contributed by atoms with E-state index in [1.54, 1.807) is 6.07 Å². The zero-order valence-corrected chi connectivity index (χ0v) is 14.1. The highest BCUT2D eigenvalue weighted by molar-refractivity contribution is 6.01. The number of hydrogen-bond donors (Lipinski definition) is 2. The van der Waals surface area contributed by atoms with E-state index in [1.165, 1.54) is 0 Å². The van der Waals surface area contributed by atoms with Crippen LogP contribution in [0, 0.1) is 0 Å². The van der Waals surface area contributed by atoms with E-state index in [2.05, 4.69) is 10.6 Å². The van der Waals surface area contributed by atoms with Crippen molar-refractivity contribution >= 4 is 28.3 Å². The van der Waals surface area contributed by atoms with Gasteiger partial charge < -0.3 is 10.6 Å². The van der Waals surface area contributed by atoms with Crippen LogP contribution in [-0.2, 0) is 11.2 Å². The van der Waals surface area contributed by atoms with Crippen LogP contribution in [0.1, 0.15) is 22.8 Å². The maximum absolute atomic E-state index is 12.3. The van der Waals surface area contributed by atoms with Crippen LogP contribution in [0.5, 0.6) is 0 Å². The molecule has 0 aliphatic rings. The fourth-order valence-corrected chi connectivity index (χ4v) is 2.74. The van der Waals surface area contributed by atoms with E-state index < -0.39 is 0 Å². The SMILES string of the molecule is CCc1ccccc1NC(=O)CNC(=O)c1ccc2ccccc2c1. The lowest BCUT2D eigenvalue weighted by Crippen LogP contribution is -2.33. The first-order valence-corrected chi connectivity index (χ1v) is 8.32. The number of aryl methyl sites for hydroxylation is 1. The number of para-hydroxylation sites is 1. The van der Waals surface area contributed by atoms with Crippen molar-refractivity contribution in [1.82, 2.24) is 5.32 Å². The van der Waals surface area contributed by atoms with Crippen LogP contribution < -0.4 is 10.6 Å². The van der Waals surface area contributed by atoms with E-state index in [0.29, 0.717) is 5.56 Å². The minimum atomic E-state index is -0.260. The summed E-state index contributed by atoms with van der Waals surface area (Å²) in [7, 11) is 0. The van der Waals surface area contributed by atoms with Crippen LogP contribution in [-0.4, -0.2) is 18.4 Å². The van der Waals surface area contributed by atoms with E-state index in [1.807, 2.05) is 67.6 Å². The quantitative estimate of drug-likeness (QED) is 0.747. The van der Waals surface area contributed by atoms with E-state index in [9.17, 15) is 9.59 Å². The molecular formula is C21H20N2O2. The molecule has 3 rings (SSSR count). The Bertz CT molecular complexity index is 918. The van der Waals surface area contributed by atoms with Gasteiger partial charge in [-0.3, -0.25) is 9.59 Å². The molecule has 0 aliphatic heterocycles. The number of benzene rings is 3. The highest BCUT2D eigenvalue weighted by atomic mass is 16.2. The smallest absolute Gasteiger partial charge is 0.251 e. The lowest BCUT2D eigenvalue weighted by atomic mass is 10.1. The molecule has 25 heavy (non-hydrogen) atoms. The van der Waals surface area contributed by atoms with E-state index >= 15 is 0 Å². The van der Waals surface area contributed by atoms with E-state index in [-0.39, 0.29) is 18.4 Å². The van der Waals surface area contributed by atoms with Crippen LogP contribution in [0.2, 0.25) is 0 Å². The number of hydrogen-bond acceptors (Lipinski definition) is 2. The largest absolute Gasteiger partial charge is 0.343 e. The minimum Gasteiger partial charge on any atom is -0.343 e. The lowest BCUT2D eigenvalue weighted by molar-refractivity contribution is -0.115. The maximum Gasteiger partial charge on any atom is 0.251 e. The lowest BCUT2D eigenvalue weighted by Gasteiger charge is -2.10. The van der Waals surface area contributed by atoms with Gasteiger partial charge in [0.2, 0.25) is 5.91 Å². The number of nitrogens with one attached hydrogen (secondary N) is 2. The molecule has 0 aliphatic carbocycles. The average molecular weight is 332 g/mol. The summed E-state index contributed by atoms with van der Waals surface area (Å²) in [6.45, 7) is 1.97. The van der Waals surface area contributed by atoms with Gasteiger partial charge in [0, 0.05) is 11.3 Å². The van der Waals surface area contributed by atoms with Crippen LogP contribution in [0.15, 0.2) is 66.7 Å². The van der Waals surface area contributed by atoms with Crippen molar-refractivity contribution in [2.75, 3.05) is 11.9 Å². The first kappa shape index (κ1) is 16.7. The Morgan fingerprint density at radius 3 is 2.40 bits per heavy atom. The molecule has 0 spiro atoms. The van der Waals surface area contributed by atoms with Gasteiger partial charge in [0.05, 0.1) is 6.54 Å². The summed E-state index contributed by atoms with van der Waals surface area (Å²) < 4.78 is 0. The number of anilines is 1. The molecule has 3 aromatic carbocycles. The second kappa shape index (κ2) is 7.62. The van der Waals surface area contributed by atoms with Crippen molar-refractivity contribution in [1.29, 1.82) is 0 Å². The molecule has 2 N–H and O–H groups in total. The maximum atomic E-state index is 12.3. The number of rotatable bonds is 5. The Labute approximate surface area is 146 Å². The normalized spacial score (nSPS) is 10.4. The van der Waals surface area contributed by atoms with Crippen LogP contribution in [0.25, 0.3) is 10.8 Å². The Balaban J connectivity index is 1.62. The molecule has 0 atom stereocenters. The summed E-state index contributed by atoms with van der Waals surface area (Å²) >= 11 is 0. The summed E-state index contributed by atoms with van der Waals surface area (Å²) in [5.41, 5.74) is 2.40. The summed E-state index contributed by atoms with van der Waals surface area (Å²) in [5, 5.41) is 7.59. The van der Waals surface area contributed by atoms with Crippen molar-refractivity contribution in [3.05, 3.63) is 77.9 Å². The predicted molar refractivity (Wildman–Crippen MR) is 101 cm³/mol. The molecule has 126 valence electrons. The number of amides is 2. The third kappa shape index (κ3) is 4.04. The molecule has 3 aromatic rings. The molecule has 0 saturated carbocycles. The molecule has 4 nitrogen and oxygen atoms in total. The van der Waals surface area contributed by atoms with Crippen LogP contribution in [0.3, 0.4) is 0 Å². The van der Waals surface area contributed by atoms with Gasteiger partial charge in [-0.15, -0.1) is 0 Å². The number of carbonyl (C=O) groups is 2. The van der Waals surface area contributed by atoms with Crippen molar-refractivity contribution in [2.45, 2.75) is 13.3 Å². The molecule has 0 unspecified atom stereocenters. The summed E-state index contributed by atoms with van der Waals surface area (Å²) in [6, 6.07) is 21.0. The van der Waals surface area contributed by atoms with Gasteiger partial charge in [0.25, 0.3) is 5.91 Å². The molecule has 2 amide bonds. The zero-order chi connectivity index (χ0) is 17.6. The Kier molecular flexibility index (Phi) is 5.09. The third-order valence-electron chi connectivity index (χ3n) is 4.09. The monoisotopic (exact) mass is 332 g/mol.